The van der Waals surface area contributed by atoms with Crippen LogP contribution in [-0.2, 0) is 9.47 Å². The van der Waals surface area contributed by atoms with Crippen LogP contribution >= 0.6 is 0 Å². The number of pyridine rings is 1. The van der Waals surface area contributed by atoms with Crippen molar-refractivity contribution in [1.29, 1.82) is 0 Å². The molecule has 1 saturated heterocycles. The van der Waals surface area contributed by atoms with Gasteiger partial charge in [-0.1, -0.05) is 6.07 Å². The van der Waals surface area contributed by atoms with Gasteiger partial charge in [0.2, 0.25) is 5.88 Å². The molecule has 0 aromatic carbocycles. The Bertz CT molecular complexity index is 413. The van der Waals surface area contributed by atoms with Crippen LogP contribution in [0.15, 0.2) is 18.3 Å². The molecule has 0 unspecified atom stereocenters. The first-order valence-corrected chi connectivity index (χ1v) is 7.86. The Morgan fingerprint density at radius 2 is 1.95 bits per heavy atom. The number of aliphatic hydroxyl groups excluding tert-OH is 1. The number of aromatic nitrogens is 1. The highest BCUT2D eigenvalue weighted by atomic mass is 16.5. The van der Waals surface area contributed by atoms with Gasteiger partial charge in [-0.15, -0.1) is 0 Å². The summed E-state index contributed by atoms with van der Waals surface area (Å²) in [4.78, 5) is 6.72. The molecule has 1 atom stereocenters. The highest BCUT2D eigenvalue weighted by Gasteiger charge is 2.22. The number of rotatable bonds is 10. The van der Waals surface area contributed by atoms with Crippen LogP contribution in [0.25, 0.3) is 0 Å². The van der Waals surface area contributed by atoms with Crippen molar-refractivity contribution in [3.8, 4) is 5.88 Å². The van der Waals surface area contributed by atoms with E-state index in [0.717, 1.165) is 6.54 Å². The van der Waals surface area contributed by atoms with Gasteiger partial charge < -0.3 is 19.3 Å². The topological polar surface area (TPSA) is 64.1 Å². The molecule has 1 aromatic rings. The van der Waals surface area contributed by atoms with E-state index in [1.165, 1.54) is 18.4 Å². The largest absolute Gasteiger partial charge is 0.475 e. The van der Waals surface area contributed by atoms with E-state index in [1.54, 1.807) is 0 Å². The number of hydrogen-bond donors (Lipinski definition) is 1. The first-order chi connectivity index (χ1) is 10.8. The SMILES string of the molecule is CN1CCC[C@H]1c1ccc(OCCOCCOCCO)nc1. The van der Waals surface area contributed by atoms with Crippen LogP contribution in [-0.4, -0.2) is 68.2 Å². The standard InChI is InChI=1S/C16H26N2O4/c1-18-6-2-3-15(18)14-4-5-16(17-13-14)22-12-11-21-10-9-20-8-7-19/h4-5,13,15,19H,2-3,6-12H2,1H3/t15-/m0/s1. The lowest BCUT2D eigenvalue weighted by Crippen LogP contribution is -2.17. The molecule has 6 heteroatoms. The van der Waals surface area contributed by atoms with Gasteiger partial charge in [-0.25, -0.2) is 4.98 Å². The number of likely N-dealkylation sites (tertiary alicyclic amines) is 1. The van der Waals surface area contributed by atoms with E-state index >= 15 is 0 Å². The average Bonchev–Trinajstić information content (AvgIpc) is 2.97. The van der Waals surface area contributed by atoms with Gasteiger partial charge in [0.25, 0.3) is 0 Å². The Balaban J connectivity index is 1.60. The second kappa shape index (κ2) is 9.74. The predicted molar refractivity (Wildman–Crippen MR) is 83.1 cm³/mol. The summed E-state index contributed by atoms with van der Waals surface area (Å²) < 4.78 is 16.0. The van der Waals surface area contributed by atoms with Crippen LogP contribution in [0, 0.1) is 0 Å². The summed E-state index contributed by atoms with van der Waals surface area (Å²) in [6, 6.07) is 4.51. The van der Waals surface area contributed by atoms with Crippen molar-refractivity contribution >= 4 is 0 Å². The maximum Gasteiger partial charge on any atom is 0.213 e. The third kappa shape index (κ3) is 5.53. The Morgan fingerprint density at radius 1 is 1.18 bits per heavy atom. The summed E-state index contributed by atoms with van der Waals surface area (Å²) in [5.41, 5.74) is 1.25. The number of aliphatic hydroxyl groups is 1. The summed E-state index contributed by atoms with van der Waals surface area (Å²) in [6.45, 7) is 3.51. The zero-order valence-electron chi connectivity index (χ0n) is 13.2. The monoisotopic (exact) mass is 310 g/mol. The van der Waals surface area contributed by atoms with E-state index < -0.39 is 0 Å². The molecule has 1 N–H and O–H groups in total. The zero-order valence-corrected chi connectivity index (χ0v) is 13.2. The van der Waals surface area contributed by atoms with Crippen LogP contribution in [0.5, 0.6) is 5.88 Å². The Hall–Kier alpha value is -1.21. The molecule has 1 fully saturated rings. The fourth-order valence-electron chi connectivity index (χ4n) is 2.60. The number of ether oxygens (including phenoxy) is 3. The first kappa shape index (κ1) is 17.1. The van der Waals surface area contributed by atoms with E-state index in [-0.39, 0.29) is 6.61 Å². The van der Waals surface area contributed by atoms with Crippen molar-refractivity contribution in [2.75, 3.05) is 53.2 Å². The van der Waals surface area contributed by atoms with E-state index in [9.17, 15) is 0 Å². The van der Waals surface area contributed by atoms with Gasteiger partial charge in [0, 0.05) is 18.3 Å². The van der Waals surface area contributed by atoms with Crippen molar-refractivity contribution in [2.24, 2.45) is 0 Å². The second-order valence-corrected chi connectivity index (χ2v) is 5.37. The van der Waals surface area contributed by atoms with E-state index in [2.05, 4.69) is 23.0 Å². The molecule has 124 valence electrons. The molecule has 2 heterocycles. The van der Waals surface area contributed by atoms with Gasteiger partial charge in [0.15, 0.2) is 0 Å². The van der Waals surface area contributed by atoms with Crippen molar-refractivity contribution in [3.05, 3.63) is 23.9 Å². The minimum Gasteiger partial charge on any atom is -0.475 e. The molecule has 0 radical (unpaired) electrons. The van der Waals surface area contributed by atoms with E-state index in [1.807, 2.05) is 12.3 Å². The summed E-state index contributed by atoms with van der Waals surface area (Å²) in [5.74, 6) is 0.629. The van der Waals surface area contributed by atoms with E-state index in [4.69, 9.17) is 19.3 Å². The number of nitrogens with zero attached hydrogens (tertiary/aromatic N) is 2. The Morgan fingerprint density at radius 3 is 2.59 bits per heavy atom. The quantitative estimate of drug-likeness (QED) is 0.656. The summed E-state index contributed by atoms with van der Waals surface area (Å²) in [5, 5.41) is 8.54. The molecule has 0 bridgehead atoms. The minimum atomic E-state index is 0.0431. The second-order valence-electron chi connectivity index (χ2n) is 5.37. The van der Waals surface area contributed by atoms with Gasteiger partial charge in [0.1, 0.15) is 6.61 Å². The van der Waals surface area contributed by atoms with Gasteiger partial charge in [0.05, 0.1) is 33.0 Å². The number of hydrogen-bond acceptors (Lipinski definition) is 6. The summed E-state index contributed by atoms with van der Waals surface area (Å²) >= 11 is 0. The Labute approximate surface area is 132 Å². The lowest BCUT2D eigenvalue weighted by atomic mass is 10.1. The van der Waals surface area contributed by atoms with Gasteiger partial charge in [-0.05, 0) is 32.0 Å². The van der Waals surface area contributed by atoms with E-state index in [0.29, 0.717) is 45.0 Å². The lowest BCUT2D eigenvalue weighted by Gasteiger charge is -2.19. The third-order valence-electron chi connectivity index (χ3n) is 3.75. The average molecular weight is 310 g/mol. The zero-order chi connectivity index (χ0) is 15.6. The third-order valence-corrected chi connectivity index (χ3v) is 3.75. The van der Waals surface area contributed by atoms with Crippen molar-refractivity contribution < 1.29 is 19.3 Å². The molecule has 1 aliphatic rings. The fraction of sp³-hybridized carbons (Fsp3) is 0.688. The molecule has 6 nitrogen and oxygen atoms in total. The van der Waals surface area contributed by atoms with Gasteiger partial charge >= 0.3 is 0 Å². The molecular weight excluding hydrogens is 284 g/mol. The van der Waals surface area contributed by atoms with Crippen molar-refractivity contribution in [2.45, 2.75) is 18.9 Å². The normalized spacial score (nSPS) is 18.7. The predicted octanol–water partition coefficient (Wildman–Crippen LogP) is 1.25. The molecule has 1 aliphatic heterocycles. The molecule has 0 spiro atoms. The summed E-state index contributed by atoms with van der Waals surface area (Å²) in [6.07, 6.45) is 4.36. The highest BCUT2D eigenvalue weighted by molar-refractivity contribution is 5.21. The summed E-state index contributed by atoms with van der Waals surface area (Å²) in [7, 11) is 2.16. The smallest absolute Gasteiger partial charge is 0.213 e. The molecular formula is C16H26N2O4. The molecule has 1 aromatic heterocycles. The minimum absolute atomic E-state index is 0.0431. The molecule has 2 rings (SSSR count). The molecule has 0 amide bonds. The highest BCUT2D eigenvalue weighted by Crippen LogP contribution is 2.30. The van der Waals surface area contributed by atoms with Crippen LogP contribution in [0.4, 0.5) is 0 Å². The maximum absolute atomic E-state index is 8.54. The molecule has 0 saturated carbocycles. The van der Waals surface area contributed by atoms with Crippen LogP contribution in [0.1, 0.15) is 24.4 Å². The van der Waals surface area contributed by atoms with Gasteiger partial charge in [-0.2, -0.15) is 0 Å². The van der Waals surface area contributed by atoms with Crippen LogP contribution in [0.3, 0.4) is 0 Å². The fourth-order valence-corrected chi connectivity index (χ4v) is 2.60. The first-order valence-electron chi connectivity index (χ1n) is 7.86. The Kier molecular flexibility index (Phi) is 7.59. The van der Waals surface area contributed by atoms with Gasteiger partial charge in [-0.3, -0.25) is 4.90 Å². The molecule has 22 heavy (non-hydrogen) atoms. The van der Waals surface area contributed by atoms with Crippen LogP contribution < -0.4 is 4.74 Å². The van der Waals surface area contributed by atoms with Crippen molar-refractivity contribution in [3.63, 3.8) is 0 Å². The maximum atomic E-state index is 8.54. The lowest BCUT2D eigenvalue weighted by molar-refractivity contribution is 0.0243. The van der Waals surface area contributed by atoms with Crippen LogP contribution in [0.2, 0.25) is 0 Å². The van der Waals surface area contributed by atoms with Crippen molar-refractivity contribution in [1.82, 2.24) is 9.88 Å². The molecule has 0 aliphatic carbocycles.